The Morgan fingerprint density at radius 2 is 1.25 bits per heavy atom. The molecule has 2 aliphatic rings. The van der Waals surface area contributed by atoms with Crippen LogP contribution in [0, 0.1) is 6.92 Å². The van der Waals surface area contributed by atoms with E-state index in [0.717, 1.165) is 26.4 Å². The Morgan fingerprint density at radius 3 is 1.75 bits per heavy atom. The lowest BCUT2D eigenvalue weighted by molar-refractivity contribution is 0.102. The summed E-state index contributed by atoms with van der Waals surface area (Å²) in [4.78, 5) is 0. The summed E-state index contributed by atoms with van der Waals surface area (Å²) in [5, 5.41) is 0. The van der Waals surface area contributed by atoms with Crippen LogP contribution in [0.3, 0.4) is 0 Å². The SMILES string of the molecule is C(OCC1CO1)C1CO1.Cc1cc(-c2ccccc2)ccc1-c1ccccc1. The van der Waals surface area contributed by atoms with Crippen LogP contribution in [0.15, 0.2) is 78.9 Å². The van der Waals surface area contributed by atoms with E-state index in [1.54, 1.807) is 0 Å². The molecule has 0 radical (unpaired) electrons. The van der Waals surface area contributed by atoms with Gasteiger partial charge in [-0.05, 0) is 34.7 Å². The molecule has 3 aromatic carbocycles. The molecule has 3 nitrogen and oxygen atoms in total. The molecule has 2 fully saturated rings. The predicted octanol–water partition coefficient (Wildman–Crippen LogP) is 5.13. The number of hydrogen-bond acceptors (Lipinski definition) is 3. The zero-order valence-corrected chi connectivity index (χ0v) is 16.2. The summed E-state index contributed by atoms with van der Waals surface area (Å²) >= 11 is 0. The van der Waals surface area contributed by atoms with Crippen LogP contribution < -0.4 is 0 Å². The van der Waals surface area contributed by atoms with E-state index in [0.29, 0.717) is 12.2 Å². The molecule has 2 atom stereocenters. The molecule has 0 aromatic heterocycles. The maximum absolute atomic E-state index is 5.23. The van der Waals surface area contributed by atoms with Crippen molar-refractivity contribution < 1.29 is 14.2 Å². The number of ether oxygens (including phenoxy) is 3. The van der Waals surface area contributed by atoms with Gasteiger partial charge in [0.2, 0.25) is 0 Å². The summed E-state index contributed by atoms with van der Waals surface area (Å²) in [6.45, 7) is 5.44. The van der Waals surface area contributed by atoms with Crippen molar-refractivity contribution in [1.82, 2.24) is 0 Å². The quantitative estimate of drug-likeness (QED) is 0.561. The largest absolute Gasteiger partial charge is 0.376 e. The summed E-state index contributed by atoms with van der Waals surface area (Å²) in [5.41, 5.74) is 6.44. The highest BCUT2D eigenvalue weighted by atomic mass is 16.6. The lowest BCUT2D eigenvalue weighted by atomic mass is 9.96. The fourth-order valence-corrected chi connectivity index (χ4v) is 3.07. The van der Waals surface area contributed by atoms with Gasteiger partial charge in [0.25, 0.3) is 0 Å². The van der Waals surface area contributed by atoms with Gasteiger partial charge in [0.05, 0.1) is 26.4 Å². The Hall–Kier alpha value is -2.46. The van der Waals surface area contributed by atoms with Gasteiger partial charge in [-0.15, -0.1) is 0 Å². The molecule has 3 aromatic rings. The Morgan fingerprint density at radius 1 is 0.714 bits per heavy atom. The van der Waals surface area contributed by atoms with Crippen LogP contribution in [0.4, 0.5) is 0 Å². The number of epoxide rings is 2. The van der Waals surface area contributed by atoms with Crippen LogP contribution in [-0.2, 0) is 14.2 Å². The highest BCUT2D eigenvalue weighted by Crippen LogP contribution is 2.28. The lowest BCUT2D eigenvalue weighted by Crippen LogP contribution is -2.06. The molecule has 144 valence electrons. The molecule has 3 heteroatoms. The average molecular weight is 374 g/mol. The molecule has 5 rings (SSSR count). The molecule has 2 saturated heterocycles. The smallest absolute Gasteiger partial charge is 0.104 e. The van der Waals surface area contributed by atoms with Crippen molar-refractivity contribution in [1.29, 1.82) is 0 Å². The monoisotopic (exact) mass is 374 g/mol. The van der Waals surface area contributed by atoms with E-state index in [4.69, 9.17) is 14.2 Å². The second-order valence-corrected chi connectivity index (χ2v) is 7.21. The van der Waals surface area contributed by atoms with E-state index in [1.165, 1.54) is 27.8 Å². The Kier molecular flexibility index (Phi) is 6.17. The van der Waals surface area contributed by atoms with Crippen molar-refractivity contribution in [2.45, 2.75) is 19.1 Å². The highest BCUT2D eigenvalue weighted by Gasteiger charge is 2.26. The molecule has 2 heterocycles. The molecule has 0 saturated carbocycles. The maximum atomic E-state index is 5.23. The van der Waals surface area contributed by atoms with Crippen LogP contribution >= 0.6 is 0 Å². The first kappa shape index (κ1) is 18.9. The molecule has 0 bridgehead atoms. The molecule has 2 unspecified atom stereocenters. The topological polar surface area (TPSA) is 34.3 Å². The summed E-state index contributed by atoms with van der Waals surface area (Å²) in [6, 6.07) is 27.7. The fraction of sp³-hybridized carbons (Fsp3) is 0.280. The summed E-state index contributed by atoms with van der Waals surface area (Å²) in [7, 11) is 0. The minimum atomic E-state index is 0.392. The van der Waals surface area contributed by atoms with Crippen LogP contribution in [-0.4, -0.2) is 38.6 Å². The van der Waals surface area contributed by atoms with Crippen LogP contribution in [0.5, 0.6) is 0 Å². The Labute approximate surface area is 166 Å². The zero-order valence-electron chi connectivity index (χ0n) is 16.2. The van der Waals surface area contributed by atoms with Crippen LogP contribution in [0.1, 0.15) is 5.56 Å². The van der Waals surface area contributed by atoms with Crippen molar-refractivity contribution in [2.75, 3.05) is 26.4 Å². The summed E-state index contributed by atoms with van der Waals surface area (Å²) in [6.07, 6.45) is 0.785. The van der Waals surface area contributed by atoms with Gasteiger partial charge in [-0.3, -0.25) is 0 Å². The number of aryl methyl sites for hydroxylation is 1. The lowest BCUT2D eigenvalue weighted by Gasteiger charge is -2.09. The molecular formula is C25H26O3. The molecule has 0 N–H and O–H groups in total. The third kappa shape index (κ3) is 5.52. The standard InChI is InChI=1S/C19H16.C6H10O3/c1-15-14-18(16-8-4-2-5-9-16)12-13-19(15)17-10-6-3-7-11-17;1(5-3-8-5)7-2-6-4-9-6/h2-14H,1H3;5-6H,1-4H2. The third-order valence-electron chi connectivity index (χ3n) is 4.83. The fourth-order valence-electron chi connectivity index (χ4n) is 3.07. The van der Waals surface area contributed by atoms with Crippen LogP contribution in [0.2, 0.25) is 0 Å². The summed E-state index contributed by atoms with van der Waals surface area (Å²) in [5.74, 6) is 0. The van der Waals surface area contributed by atoms with Crippen LogP contribution in [0.25, 0.3) is 22.3 Å². The van der Waals surface area contributed by atoms with Gasteiger partial charge < -0.3 is 14.2 Å². The van der Waals surface area contributed by atoms with Gasteiger partial charge >= 0.3 is 0 Å². The van der Waals surface area contributed by atoms with E-state index < -0.39 is 0 Å². The van der Waals surface area contributed by atoms with Gasteiger partial charge in [0.1, 0.15) is 12.2 Å². The molecule has 28 heavy (non-hydrogen) atoms. The van der Waals surface area contributed by atoms with Gasteiger partial charge in [0, 0.05) is 0 Å². The first-order valence-corrected chi connectivity index (χ1v) is 9.82. The second-order valence-electron chi connectivity index (χ2n) is 7.21. The van der Waals surface area contributed by atoms with Gasteiger partial charge in [-0.25, -0.2) is 0 Å². The minimum Gasteiger partial charge on any atom is -0.376 e. The third-order valence-corrected chi connectivity index (χ3v) is 4.83. The molecule has 0 amide bonds. The Balaban J connectivity index is 0.000000177. The predicted molar refractivity (Wildman–Crippen MR) is 112 cm³/mol. The van der Waals surface area contributed by atoms with Crippen molar-refractivity contribution in [3.8, 4) is 22.3 Å². The second kappa shape index (κ2) is 9.16. The molecule has 0 spiro atoms. The maximum Gasteiger partial charge on any atom is 0.104 e. The highest BCUT2D eigenvalue weighted by molar-refractivity contribution is 5.73. The normalized spacial score (nSPS) is 19.5. The first-order valence-electron chi connectivity index (χ1n) is 9.82. The van der Waals surface area contributed by atoms with E-state index >= 15 is 0 Å². The number of hydrogen-bond donors (Lipinski definition) is 0. The zero-order chi connectivity index (χ0) is 19.2. The van der Waals surface area contributed by atoms with E-state index in [2.05, 4.69) is 85.8 Å². The number of benzene rings is 3. The van der Waals surface area contributed by atoms with Crippen molar-refractivity contribution in [3.05, 3.63) is 84.4 Å². The van der Waals surface area contributed by atoms with Gasteiger partial charge in [0.15, 0.2) is 0 Å². The minimum absolute atomic E-state index is 0.392. The van der Waals surface area contributed by atoms with E-state index in [-0.39, 0.29) is 0 Å². The average Bonchev–Trinajstić information content (AvgIpc) is 3.66. The molecular weight excluding hydrogens is 348 g/mol. The van der Waals surface area contributed by atoms with E-state index in [9.17, 15) is 0 Å². The molecule has 2 aliphatic heterocycles. The first-order chi connectivity index (χ1) is 13.8. The van der Waals surface area contributed by atoms with Crippen molar-refractivity contribution in [2.24, 2.45) is 0 Å². The molecule has 0 aliphatic carbocycles. The van der Waals surface area contributed by atoms with Crippen molar-refractivity contribution >= 4 is 0 Å². The Bertz CT molecular complexity index is 857. The van der Waals surface area contributed by atoms with Gasteiger partial charge in [-0.2, -0.15) is 0 Å². The number of rotatable bonds is 6. The van der Waals surface area contributed by atoms with Crippen molar-refractivity contribution in [3.63, 3.8) is 0 Å². The summed E-state index contributed by atoms with van der Waals surface area (Å²) < 4.78 is 15.1. The van der Waals surface area contributed by atoms with E-state index in [1.807, 2.05) is 0 Å². The van der Waals surface area contributed by atoms with Gasteiger partial charge in [-0.1, -0.05) is 78.9 Å².